The average molecular weight is 578 g/mol. The number of para-hydroxylation sites is 2. The Kier molecular flexibility index (Phi) is 5.75. The molecular formula is C42H27NS. The molecular weight excluding hydrogens is 551 g/mol. The molecule has 0 saturated heterocycles. The van der Waals surface area contributed by atoms with Crippen LogP contribution in [0.2, 0.25) is 0 Å². The third kappa shape index (κ3) is 3.85. The van der Waals surface area contributed by atoms with Crippen molar-refractivity contribution in [3.63, 3.8) is 0 Å². The summed E-state index contributed by atoms with van der Waals surface area (Å²) >= 11 is 1.87. The topological polar surface area (TPSA) is 4.93 Å². The van der Waals surface area contributed by atoms with E-state index in [0.717, 1.165) is 0 Å². The van der Waals surface area contributed by atoms with Crippen LogP contribution in [0.4, 0.5) is 0 Å². The Hall–Kier alpha value is -5.44. The van der Waals surface area contributed by atoms with Crippen LogP contribution in [0.3, 0.4) is 0 Å². The molecule has 0 amide bonds. The molecule has 0 saturated carbocycles. The molecule has 0 aliphatic heterocycles. The lowest BCUT2D eigenvalue weighted by Crippen LogP contribution is -1.97. The van der Waals surface area contributed by atoms with Gasteiger partial charge >= 0.3 is 0 Å². The number of aromatic nitrogens is 1. The maximum absolute atomic E-state index is 2.45. The van der Waals surface area contributed by atoms with E-state index in [1.165, 1.54) is 81.0 Å². The molecule has 0 aliphatic rings. The van der Waals surface area contributed by atoms with E-state index in [4.69, 9.17) is 0 Å². The lowest BCUT2D eigenvalue weighted by molar-refractivity contribution is 1.18. The minimum absolute atomic E-state index is 1.18. The van der Waals surface area contributed by atoms with Gasteiger partial charge in [0.25, 0.3) is 0 Å². The Morgan fingerprint density at radius 2 is 0.932 bits per heavy atom. The highest BCUT2D eigenvalue weighted by atomic mass is 32.1. The maximum Gasteiger partial charge on any atom is 0.0547 e. The van der Waals surface area contributed by atoms with Gasteiger partial charge in [-0.2, -0.15) is 0 Å². The van der Waals surface area contributed by atoms with E-state index in [-0.39, 0.29) is 0 Å². The van der Waals surface area contributed by atoms with Gasteiger partial charge in [0.05, 0.1) is 16.7 Å². The molecule has 2 heterocycles. The minimum atomic E-state index is 1.18. The quantitative estimate of drug-likeness (QED) is 0.196. The highest BCUT2D eigenvalue weighted by Crippen LogP contribution is 2.43. The molecule has 44 heavy (non-hydrogen) atoms. The second-order valence-electron chi connectivity index (χ2n) is 11.3. The molecule has 2 heteroatoms. The van der Waals surface area contributed by atoms with Gasteiger partial charge in [0.15, 0.2) is 0 Å². The first-order valence-corrected chi connectivity index (χ1v) is 15.8. The van der Waals surface area contributed by atoms with Gasteiger partial charge in [0, 0.05) is 36.5 Å². The predicted octanol–water partition coefficient (Wildman–Crippen LogP) is 12.2. The van der Waals surface area contributed by atoms with Crippen LogP contribution in [0.25, 0.3) is 81.0 Å². The third-order valence-electron chi connectivity index (χ3n) is 8.81. The van der Waals surface area contributed by atoms with Gasteiger partial charge in [0.2, 0.25) is 0 Å². The van der Waals surface area contributed by atoms with Crippen LogP contribution in [-0.2, 0) is 0 Å². The summed E-state index contributed by atoms with van der Waals surface area (Å²) in [5, 5.41) is 5.22. The van der Waals surface area contributed by atoms with Crippen LogP contribution in [0.1, 0.15) is 0 Å². The van der Waals surface area contributed by atoms with Gasteiger partial charge < -0.3 is 4.57 Å². The largest absolute Gasteiger partial charge is 0.309 e. The van der Waals surface area contributed by atoms with E-state index in [9.17, 15) is 0 Å². The number of nitrogens with zero attached hydrogens (tertiary/aromatic N) is 1. The summed E-state index contributed by atoms with van der Waals surface area (Å²) in [7, 11) is 0. The molecule has 7 aromatic carbocycles. The van der Waals surface area contributed by atoms with E-state index in [1.807, 2.05) is 11.3 Å². The van der Waals surface area contributed by atoms with E-state index >= 15 is 0 Å². The molecule has 0 spiro atoms. The van der Waals surface area contributed by atoms with Crippen molar-refractivity contribution >= 4 is 53.3 Å². The normalized spacial score (nSPS) is 11.6. The number of rotatable bonds is 4. The Morgan fingerprint density at radius 1 is 0.364 bits per heavy atom. The Labute approximate surface area is 259 Å². The predicted molar refractivity (Wildman–Crippen MR) is 190 cm³/mol. The SMILES string of the molecule is c1ccc(-c2cccc3c2c2ccccc2n3-c2ccccc2-c2cccc(-c3cccc4sc5ccccc5c34)c2)cc1. The van der Waals surface area contributed by atoms with E-state index in [2.05, 4.69) is 168 Å². The molecule has 9 rings (SSSR count). The van der Waals surface area contributed by atoms with E-state index in [1.54, 1.807) is 0 Å². The van der Waals surface area contributed by atoms with Crippen molar-refractivity contribution in [2.24, 2.45) is 0 Å². The molecule has 206 valence electrons. The molecule has 0 unspecified atom stereocenters. The summed E-state index contributed by atoms with van der Waals surface area (Å²) in [6, 6.07) is 59.6. The Balaban J connectivity index is 1.28. The molecule has 9 aromatic rings. The molecule has 2 aromatic heterocycles. The molecule has 1 nitrogen and oxygen atoms in total. The second kappa shape index (κ2) is 10.1. The summed E-state index contributed by atoms with van der Waals surface area (Å²) in [5.74, 6) is 0. The summed E-state index contributed by atoms with van der Waals surface area (Å²) in [5.41, 5.74) is 11.0. The van der Waals surface area contributed by atoms with Crippen molar-refractivity contribution in [1.82, 2.24) is 4.57 Å². The Morgan fingerprint density at radius 3 is 1.82 bits per heavy atom. The summed E-state index contributed by atoms with van der Waals surface area (Å²) in [6.07, 6.45) is 0. The van der Waals surface area contributed by atoms with Crippen molar-refractivity contribution in [3.05, 3.63) is 164 Å². The van der Waals surface area contributed by atoms with Crippen molar-refractivity contribution < 1.29 is 0 Å². The zero-order chi connectivity index (χ0) is 29.0. The fourth-order valence-corrected chi connectivity index (χ4v) is 8.05. The first-order chi connectivity index (χ1) is 21.8. The number of hydrogen-bond acceptors (Lipinski definition) is 1. The fourth-order valence-electron chi connectivity index (χ4n) is 6.92. The molecule has 0 aliphatic carbocycles. The summed E-state index contributed by atoms with van der Waals surface area (Å²) < 4.78 is 5.11. The van der Waals surface area contributed by atoms with Crippen molar-refractivity contribution in [2.75, 3.05) is 0 Å². The van der Waals surface area contributed by atoms with Crippen molar-refractivity contribution in [2.45, 2.75) is 0 Å². The van der Waals surface area contributed by atoms with Crippen LogP contribution < -0.4 is 0 Å². The second-order valence-corrected chi connectivity index (χ2v) is 12.4. The van der Waals surface area contributed by atoms with Crippen molar-refractivity contribution in [3.8, 4) is 39.1 Å². The summed E-state index contributed by atoms with van der Waals surface area (Å²) in [6.45, 7) is 0. The van der Waals surface area contributed by atoms with Crippen LogP contribution in [0.15, 0.2) is 164 Å². The van der Waals surface area contributed by atoms with Crippen LogP contribution >= 0.6 is 11.3 Å². The lowest BCUT2D eigenvalue weighted by atomic mass is 9.95. The zero-order valence-corrected chi connectivity index (χ0v) is 24.8. The molecule has 0 radical (unpaired) electrons. The number of benzene rings is 7. The third-order valence-corrected chi connectivity index (χ3v) is 9.95. The first kappa shape index (κ1) is 25.1. The van der Waals surface area contributed by atoms with Gasteiger partial charge in [-0.1, -0.05) is 127 Å². The minimum Gasteiger partial charge on any atom is -0.309 e. The first-order valence-electron chi connectivity index (χ1n) is 15.0. The standard InChI is InChI=1S/C42H27NS/c1-2-13-28(14-3-1)32-20-11-24-38-41(32)34-18-5-8-23-37(34)43(38)36-22-7-4-17-31(36)29-15-10-16-30(27-29)33-21-12-26-40-42(33)35-19-6-9-25-39(35)44-40/h1-27H. The van der Waals surface area contributed by atoms with Gasteiger partial charge in [-0.15, -0.1) is 11.3 Å². The Bertz CT molecular complexity index is 2500. The molecule has 0 fully saturated rings. The number of hydrogen-bond donors (Lipinski definition) is 0. The lowest BCUT2D eigenvalue weighted by Gasteiger charge is -2.15. The molecule has 0 atom stereocenters. The van der Waals surface area contributed by atoms with Gasteiger partial charge in [-0.25, -0.2) is 0 Å². The molecule has 0 bridgehead atoms. The number of fused-ring (bicyclic) bond motifs is 6. The van der Waals surface area contributed by atoms with E-state index < -0.39 is 0 Å². The molecule has 0 N–H and O–H groups in total. The van der Waals surface area contributed by atoms with E-state index in [0.29, 0.717) is 0 Å². The van der Waals surface area contributed by atoms with Crippen molar-refractivity contribution in [1.29, 1.82) is 0 Å². The number of thiophene rings is 1. The van der Waals surface area contributed by atoms with Crippen LogP contribution in [-0.4, -0.2) is 4.57 Å². The monoisotopic (exact) mass is 577 g/mol. The fraction of sp³-hybridized carbons (Fsp3) is 0. The van der Waals surface area contributed by atoms with Gasteiger partial charge in [-0.05, 0) is 64.2 Å². The van der Waals surface area contributed by atoms with Crippen LogP contribution in [0, 0.1) is 0 Å². The van der Waals surface area contributed by atoms with Gasteiger partial charge in [0.1, 0.15) is 0 Å². The maximum atomic E-state index is 2.45. The summed E-state index contributed by atoms with van der Waals surface area (Å²) in [4.78, 5) is 0. The highest BCUT2D eigenvalue weighted by Gasteiger charge is 2.18. The van der Waals surface area contributed by atoms with Crippen LogP contribution in [0.5, 0.6) is 0 Å². The smallest absolute Gasteiger partial charge is 0.0547 e. The van der Waals surface area contributed by atoms with Gasteiger partial charge in [-0.3, -0.25) is 0 Å². The average Bonchev–Trinajstić information content (AvgIpc) is 3.65. The highest BCUT2D eigenvalue weighted by molar-refractivity contribution is 7.25. The zero-order valence-electron chi connectivity index (χ0n) is 23.9.